The summed E-state index contributed by atoms with van der Waals surface area (Å²) in [5.74, 6) is 0.989. The van der Waals surface area contributed by atoms with Gasteiger partial charge in [0.2, 0.25) is 10.0 Å². The van der Waals surface area contributed by atoms with Crippen LogP contribution in [0.2, 0.25) is 0 Å². The molecule has 6 nitrogen and oxygen atoms in total. The zero-order valence-corrected chi connectivity index (χ0v) is 15.0. The summed E-state index contributed by atoms with van der Waals surface area (Å²) in [6.45, 7) is 7.17. The van der Waals surface area contributed by atoms with E-state index in [0.29, 0.717) is 38.3 Å². The molecule has 2 aliphatic heterocycles. The van der Waals surface area contributed by atoms with Gasteiger partial charge in [0.1, 0.15) is 5.78 Å². The topological polar surface area (TPSA) is 66.9 Å². The van der Waals surface area contributed by atoms with Crippen LogP contribution in [0.15, 0.2) is 0 Å². The molecule has 0 unspecified atom stereocenters. The number of unbranched alkanes of at least 4 members (excludes halogenated alkanes) is 1. The molecule has 134 valence electrons. The number of hydrogen-bond acceptors (Lipinski definition) is 5. The molecule has 0 aromatic heterocycles. The third-order valence-corrected chi connectivity index (χ3v) is 6.72. The van der Waals surface area contributed by atoms with E-state index in [1.807, 2.05) is 0 Å². The lowest BCUT2D eigenvalue weighted by atomic mass is 9.99. The average Bonchev–Trinajstić information content (AvgIpc) is 2.53. The van der Waals surface area contributed by atoms with E-state index < -0.39 is 10.0 Å². The first-order chi connectivity index (χ1) is 11.0. The molecular weight excluding hydrogens is 316 g/mol. The maximum atomic E-state index is 12.3. The molecule has 2 saturated heterocycles. The number of rotatable bonds is 8. The van der Waals surface area contributed by atoms with Crippen LogP contribution in [0.4, 0.5) is 0 Å². The first kappa shape index (κ1) is 18.8. The van der Waals surface area contributed by atoms with Gasteiger partial charge < -0.3 is 14.4 Å². The molecule has 0 bridgehead atoms. The van der Waals surface area contributed by atoms with Crippen molar-refractivity contribution in [3.05, 3.63) is 0 Å². The molecule has 0 aromatic carbocycles. The standard InChI is InChI=1S/C16H30N2O4S/c1-15(19)4-2-3-13-23(20,21)18-9-7-17(8-10-18)14-16-5-11-22-12-6-16/h16H,2-14H2,1H3. The van der Waals surface area contributed by atoms with Crippen LogP contribution >= 0.6 is 0 Å². The summed E-state index contributed by atoms with van der Waals surface area (Å²) >= 11 is 0. The molecule has 2 fully saturated rings. The van der Waals surface area contributed by atoms with Gasteiger partial charge in [0.15, 0.2) is 0 Å². The fourth-order valence-corrected chi connectivity index (χ4v) is 4.82. The molecule has 2 rings (SSSR count). The second kappa shape index (κ2) is 9.11. The van der Waals surface area contributed by atoms with Crippen LogP contribution in [0.25, 0.3) is 0 Å². The number of ether oxygens (including phenoxy) is 1. The molecule has 0 atom stereocenters. The molecule has 2 aliphatic rings. The summed E-state index contributed by atoms with van der Waals surface area (Å²) < 4.78 is 31.7. The fourth-order valence-electron chi connectivity index (χ4n) is 3.27. The van der Waals surface area contributed by atoms with Crippen LogP contribution in [0, 0.1) is 5.92 Å². The van der Waals surface area contributed by atoms with Crippen molar-refractivity contribution < 1.29 is 17.9 Å². The van der Waals surface area contributed by atoms with E-state index >= 15 is 0 Å². The van der Waals surface area contributed by atoms with Crippen LogP contribution in [0.3, 0.4) is 0 Å². The van der Waals surface area contributed by atoms with Crippen molar-refractivity contribution in [2.24, 2.45) is 5.92 Å². The van der Waals surface area contributed by atoms with Crippen LogP contribution in [0.5, 0.6) is 0 Å². The van der Waals surface area contributed by atoms with E-state index in [2.05, 4.69) is 4.90 Å². The van der Waals surface area contributed by atoms with E-state index in [1.54, 1.807) is 11.2 Å². The van der Waals surface area contributed by atoms with Gasteiger partial charge in [-0.15, -0.1) is 0 Å². The van der Waals surface area contributed by atoms with Gasteiger partial charge in [0.25, 0.3) is 0 Å². The van der Waals surface area contributed by atoms with E-state index in [9.17, 15) is 13.2 Å². The Morgan fingerprint density at radius 1 is 1.09 bits per heavy atom. The predicted molar refractivity (Wildman–Crippen MR) is 89.9 cm³/mol. The van der Waals surface area contributed by atoms with Gasteiger partial charge in [-0.2, -0.15) is 4.31 Å². The number of piperazine rings is 1. The summed E-state index contributed by atoms with van der Waals surface area (Å²) in [6.07, 6.45) is 3.96. The van der Waals surface area contributed by atoms with Crippen molar-refractivity contribution in [3.8, 4) is 0 Å². The molecule has 2 heterocycles. The number of carbonyl (C=O) groups is 1. The maximum Gasteiger partial charge on any atom is 0.214 e. The fraction of sp³-hybridized carbons (Fsp3) is 0.938. The molecule has 0 amide bonds. The van der Waals surface area contributed by atoms with Gasteiger partial charge >= 0.3 is 0 Å². The van der Waals surface area contributed by atoms with Crippen molar-refractivity contribution in [1.82, 2.24) is 9.21 Å². The zero-order valence-electron chi connectivity index (χ0n) is 14.2. The number of nitrogens with zero attached hydrogens (tertiary/aromatic N) is 2. The highest BCUT2D eigenvalue weighted by Crippen LogP contribution is 2.18. The molecular formula is C16H30N2O4S. The first-order valence-corrected chi connectivity index (χ1v) is 10.4. The SMILES string of the molecule is CC(=O)CCCCS(=O)(=O)N1CCN(CC2CCOCC2)CC1. The Morgan fingerprint density at radius 3 is 2.35 bits per heavy atom. The highest BCUT2D eigenvalue weighted by Gasteiger charge is 2.27. The molecule has 0 N–H and O–H groups in total. The number of carbonyl (C=O) groups excluding carboxylic acids is 1. The smallest absolute Gasteiger partial charge is 0.214 e. The monoisotopic (exact) mass is 346 g/mol. The van der Waals surface area contributed by atoms with Crippen molar-refractivity contribution in [2.45, 2.75) is 39.0 Å². The lowest BCUT2D eigenvalue weighted by Gasteiger charge is -2.36. The minimum Gasteiger partial charge on any atom is -0.381 e. The Bertz CT molecular complexity index is 466. The molecule has 23 heavy (non-hydrogen) atoms. The van der Waals surface area contributed by atoms with Gasteiger partial charge in [0.05, 0.1) is 5.75 Å². The minimum atomic E-state index is -3.16. The number of hydrogen-bond donors (Lipinski definition) is 0. The summed E-state index contributed by atoms with van der Waals surface area (Å²) in [4.78, 5) is 13.3. The van der Waals surface area contributed by atoms with Crippen molar-refractivity contribution in [3.63, 3.8) is 0 Å². The predicted octanol–water partition coefficient (Wildman–Crippen LogP) is 1.12. The van der Waals surface area contributed by atoms with Crippen molar-refractivity contribution in [2.75, 3.05) is 51.7 Å². The van der Waals surface area contributed by atoms with E-state index in [0.717, 1.165) is 45.7 Å². The lowest BCUT2D eigenvalue weighted by Crippen LogP contribution is -2.50. The molecule has 0 spiro atoms. The van der Waals surface area contributed by atoms with E-state index in [1.165, 1.54) is 0 Å². The van der Waals surface area contributed by atoms with Gasteiger partial charge in [-0.1, -0.05) is 0 Å². The van der Waals surface area contributed by atoms with Crippen LogP contribution in [-0.2, 0) is 19.6 Å². The largest absolute Gasteiger partial charge is 0.381 e. The number of Topliss-reactive ketones (excluding diaryl/α,β-unsaturated/α-hetero) is 1. The summed E-state index contributed by atoms with van der Waals surface area (Å²) in [6, 6.07) is 0. The van der Waals surface area contributed by atoms with Crippen LogP contribution < -0.4 is 0 Å². The Morgan fingerprint density at radius 2 is 1.74 bits per heavy atom. The second-order valence-electron chi connectivity index (χ2n) is 6.73. The highest BCUT2D eigenvalue weighted by molar-refractivity contribution is 7.89. The Balaban J connectivity index is 1.68. The minimum absolute atomic E-state index is 0.129. The summed E-state index contributed by atoms with van der Waals surface area (Å²) in [5.41, 5.74) is 0. The van der Waals surface area contributed by atoms with Gasteiger partial charge in [-0.25, -0.2) is 8.42 Å². The molecule has 0 radical (unpaired) electrons. The summed E-state index contributed by atoms with van der Waals surface area (Å²) in [7, 11) is -3.16. The molecule has 0 aliphatic carbocycles. The Hall–Kier alpha value is -0.500. The van der Waals surface area contributed by atoms with Crippen LogP contribution in [0.1, 0.15) is 39.0 Å². The molecule has 7 heteroatoms. The maximum absolute atomic E-state index is 12.3. The quantitative estimate of drug-likeness (QED) is 0.616. The first-order valence-electron chi connectivity index (χ1n) is 8.75. The summed E-state index contributed by atoms with van der Waals surface area (Å²) in [5, 5.41) is 0. The van der Waals surface area contributed by atoms with Crippen LogP contribution in [-0.4, -0.2) is 75.1 Å². The number of ketones is 1. The van der Waals surface area contributed by atoms with Gasteiger partial charge in [-0.3, -0.25) is 0 Å². The van der Waals surface area contributed by atoms with E-state index in [-0.39, 0.29) is 11.5 Å². The van der Waals surface area contributed by atoms with Crippen molar-refractivity contribution >= 4 is 15.8 Å². The van der Waals surface area contributed by atoms with Gasteiger partial charge in [-0.05, 0) is 38.5 Å². The third-order valence-electron chi connectivity index (χ3n) is 4.76. The third kappa shape index (κ3) is 6.49. The molecule has 0 saturated carbocycles. The Kier molecular flexibility index (Phi) is 7.46. The molecule has 0 aromatic rings. The number of sulfonamides is 1. The average molecular weight is 346 g/mol. The van der Waals surface area contributed by atoms with E-state index in [4.69, 9.17) is 4.74 Å². The van der Waals surface area contributed by atoms with Gasteiger partial charge in [0, 0.05) is 52.4 Å². The van der Waals surface area contributed by atoms with Crippen molar-refractivity contribution in [1.29, 1.82) is 0 Å². The highest BCUT2D eigenvalue weighted by atomic mass is 32.2. The zero-order chi connectivity index (χ0) is 16.7. The Labute approximate surface area is 140 Å². The lowest BCUT2D eigenvalue weighted by molar-refractivity contribution is -0.117. The second-order valence-corrected chi connectivity index (χ2v) is 8.82. The normalized spacial score (nSPS) is 22.3.